The molecule has 2 aliphatic rings. The number of aromatic nitrogens is 1. The summed E-state index contributed by atoms with van der Waals surface area (Å²) in [6.45, 7) is 4.56. The molecule has 1 aromatic heterocycles. The smallest absolute Gasteiger partial charge is 0.136 e. The Balaban J connectivity index is 2.03. The average molecular weight is 260 g/mol. The van der Waals surface area contributed by atoms with Crippen molar-refractivity contribution in [3.8, 4) is 0 Å². The molecule has 1 aliphatic heterocycles. The van der Waals surface area contributed by atoms with Crippen LogP contribution < -0.4 is 5.73 Å². The topological polar surface area (TPSA) is 65.2 Å². The van der Waals surface area contributed by atoms with Crippen LogP contribution in [-0.2, 0) is 29.0 Å². The van der Waals surface area contributed by atoms with Crippen LogP contribution in [0.15, 0.2) is 0 Å². The van der Waals surface area contributed by atoms with Gasteiger partial charge in [0.2, 0.25) is 0 Å². The maximum absolute atomic E-state index is 11.9. The highest BCUT2D eigenvalue weighted by Gasteiger charge is 2.32. The van der Waals surface area contributed by atoms with Crippen LogP contribution >= 0.6 is 0 Å². The van der Waals surface area contributed by atoms with Crippen molar-refractivity contribution in [3.63, 3.8) is 0 Å². The number of carbonyl (C=O) groups excluding carboxylic acids is 1. The van der Waals surface area contributed by atoms with E-state index in [9.17, 15) is 4.79 Å². The van der Waals surface area contributed by atoms with E-state index in [-0.39, 0.29) is 12.0 Å². The van der Waals surface area contributed by atoms with E-state index in [4.69, 9.17) is 10.5 Å². The monoisotopic (exact) mass is 260 g/mol. The number of fused-ring (bicyclic) bond motifs is 3. The first kappa shape index (κ1) is 12.6. The number of nitrogens with zero attached hydrogens (tertiary/aromatic N) is 1. The zero-order chi connectivity index (χ0) is 13.6. The van der Waals surface area contributed by atoms with Crippen molar-refractivity contribution in [2.45, 2.75) is 52.2 Å². The predicted octanol–water partition coefficient (Wildman–Crippen LogP) is 2.34. The number of ether oxygens (including phenoxy) is 1. The van der Waals surface area contributed by atoms with Crippen LogP contribution in [0, 0.1) is 5.92 Å². The molecule has 1 aliphatic carbocycles. The van der Waals surface area contributed by atoms with E-state index in [1.54, 1.807) is 0 Å². The van der Waals surface area contributed by atoms with Crippen LogP contribution in [0.2, 0.25) is 0 Å². The lowest BCUT2D eigenvalue weighted by Crippen LogP contribution is -2.24. The highest BCUT2D eigenvalue weighted by molar-refractivity contribution is 5.81. The molecule has 0 bridgehead atoms. The van der Waals surface area contributed by atoms with Gasteiger partial charge in [0.25, 0.3) is 0 Å². The first-order valence-corrected chi connectivity index (χ1v) is 7.06. The Morgan fingerprint density at radius 3 is 3.00 bits per heavy atom. The molecule has 4 nitrogen and oxygen atoms in total. The number of carbonyl (C=O) groups is 1. The fourth-order valence-corrected chi connectivity index (χ4v) is 3.35. The fourth-order valence-electron chi connectivity index (χ4n) is 3.35. The molecule has 0 amide bonds. The van der Waals surface area contributed by atoms with E-state index in [0.717, 1.165) is 30.5 Å². The molecule has 2 atom stereocenters. The van der Waals surface area contributed by atoms with E-state index in [1.165, 1.54) is 11.1 Å². The summed E-state index contributed by atoms with van der Waals surface area (Å²) in [5, 5.41) is 0. The average Bonchev–Trinajstić information content (AvgIpc) is 2.81. The second-order valence-corrected chi connectivity index (χ2v) is 5.53. The first-order chi connectivity index (χ1) is 9.11. The fraction of sp³-hybridized carbons (Fsp3) is 0.600. The van der Waals surface area contributed by atoms with Crippen LogP contribution in [0.4, 0.5) is 5.82 Å². The molecule has 2 heterocycles. The number of aryl methyl sites for hydroxylation is 1. The van der Waals surface area contributed by atoms with Gasteiger partial charge in [0, 0.05) is 23.6 Å². The number of nitrogens with two attached hydrogens (primary N) is 1. The van der Waals surface area contributed by atoms with Crippen molar-refractivity contribution in [1.29, 1.82) is 0 Å². The molecule has 0 saturated carbocycles. The molecule has 4 heteroatoms. The lowest BCUT2D eigenvalue weighted by Gasteiger charge is -2.25. The van der Waals surface area contributed by atoms with Gasteiger partial charge in [-0.1, -0.05) is 6.92 Å². The zero-order valence-corrected chi connectivity index (χ0v) is 11.5. The molecule has 0 unspecified atom stereocenters. The normalized spacial score (nSPS) is 24.9. The van der Waals surface area contributed by atoms with Crippen molar-refractivity contribution >= 4 is 11.6 Å². The first-order valence-electron chi connectivity index (χ1n) is 7.06. The minimum atomic E-state index is 0.0232. The number of Topliss-reactive ketones (excluding diaryl/α,β-unsaturated/α-hetero) is 1. The van der Waals surface area contributed by atoms with E-state index in [1.807, 2.05) is 13.8 Å². The second kappa shape index (κ2) is 4.60. The molecule has 0 radical (unpaired) electrons. The molecule has 0 spiro atoms. The van der Waals surface area contributed by atoms with Crippen molar-refractivity contribution in [3.05, 3.63) is 22.4 Å². The number of anilines is 1. The molecule has 0 aromatic carbocycles. The Hall–Kier alpha value is -1.42. The molecule has 1 aromatic rings. The van der Waals surface area contributed by atoms with Gasteiger partial charge in [-0.2, -0.15) is 0 Å². The Bertz CT molecular complexity index is 539. The van der Waals surface area contributed by atoms with E-state index in [0.29, 0.717) is 24.6 Å². The van der Waals surface area contributed by atoms with Gasteiger partial charge in [0.1, 0.15) is 11.6 Å². The molecule has 0 fully saturated rings. The summed E-state index contributed by atoms with van der Waals surface area (Å²) in [7, 11) is 0. The minimum absolute atomic E-state index is 0.0232. The van der Waals surface area contributed by atoms with Gasteiger partial charge in [0.05, 0.1) is 12.7 Å². The van der Waals surface area contributed by atoms with Crippen molar-refractivity contribution < 1.29 is 9.53 Å². The lowest BCUT2D eigenvalue weighted by atomic mass is 9.80. The number of rotatable bonds is 2. The van der Waals surface area contributed by atoms with Gasteiger partial charge >= 0.3 is 0 Å². The second-order valence-electron chi connectivity index (χ2n) is 5.53. The van der Waals surface area contributed by atoms with Crippen molar-refractivity contribution in [2.24, 2.45) is 5.92 Å². The minimum Gasteiger partial charge on any atom is -0.383 e. The summed E-state index contributed by atoms with van der Waals surface area (Å²) in [5.41, 5.74) is 10.6. The summed E-state index contributed by atoms with van der Waals surface area (Å²) in [4.78, 5) is 16.5. The molecule has 19 heavy (non-hydrogen) atoms. The van der Waals surface area contributed by atoms with Gasteiger partial charge in [-0.25, -0.2) is 4.98 Å². The van der Waals surface area contributed by atoms with Gasteiger partial charge in [-0.3, -0.25) is 4.79 Å². The number of hydrogen-bond donors (Lipinski definition) is 1. The molecular weight excluding hydrogens is 240 g/mol. The van der Waals surface area contributed by atoms with E-state index < -0.39 is 0 Å². The maximum atomic E-state index is 11.9. The van der Waals surface area contributed by atoms with Gasteiger partial charge in [0.15, 0.2) is 0 Å². The molecule has 2 N–H and O–H groups in total. The Morgan fingerprint density at radius 2 is 2.26 bits per heavy atom. The summed E-state index contributed by atoms with van der Waals surface area (Å²) < 4.78 is 5.69. The van der Waals surface area contributed by atoms with Crippen LogP contribution in [0.3, 0.4) is 0 Å². The number of nitrogen functional groups attached to an aromatic ring is 1. The van der Waals surface area contributed by atoms with Crippen LogP contribution in [0.1, 0.15) is 55.2 Å². The number of pyridine rings is 1. The Kier molecular flexibility index (Phi) is 3.05. The van der Waals surface area contributed by atoms with E-state index >= 15 is 0 Å². The Labute approximate surface area is 113 Å². The third-order valence-corrected chi connectivity index (χ3v) is 4.44. The standard InChI is InChI=1S/C15H20N2O2/c1-3-13(18)9-4-5-12-10(6-9)11-7-19-8(2)14(11)15(16)17-12/h8-9H,3-7H2,1-2H3,(H2,16,17)/t8-,9-/m1/s1. The maximum Gasteiger partial charge on any atom is 0.136 e. The van der Waals surface area contributed by atoms with Crippen molar-refractivity contribution in [1.82, 2.24) is 4.98 Å². The van der Waals surface area contributed by atoms with Gasteiger partial charge in [-0.05, 0) is 37.3 Å². The molecule has 0 saturated heterocycles. The van der Waals surface area contributed by atoms with Crippen LogP contribution in [0.25, 0.3) is 0 Å². The van der Waals surface area contributed by atoms with Crippen molar-refractivity contribution in [2.75, 3.05) is 5.73 Å². The summed E-state index contributed by atoms with van der Waals surface area (Å²) >= 11 is 0. The highest BCUT2D eigenvalue weighted by Crippen LogP contribution is 2.40. The lowest BCUT2D eigenvalue weighted by molar-refractivity contribution is -0.122. The zero-order valence-electron chi connectivity index (χ0n) is 11.5. The van der Waals surface area contributed by atoms with Gasteiger partial charge in [-0.15, -0.1) is 0 Å². The summed E-state index contributed by atoms with van der Waals surface area (Å²) in [6.07, 6.45) is 3.22. The highest BCUT2D eigenvalue weighted by atomic mass is 16.5. The quantitative estimate of drug-likeness (QED) is 0.886. The van der Waals surface area contributed by atoms with Crippen LogP contribution in [0.5, 0.6) is 0 Å². The summed E-state index contributed by atoms with van der Waals surface area (Å²) in [5.74, 6) is 1.13. The largest absolute Gasteiger partial charge is 0.383 e. The third-order valence-electron chi connectivity index (χ3n) is 4.44. The third kappa shape index (κ3) is 1.94. The molecule has 3 rings (SSSR count). The SMILES string of the molecule is CCC(=O)[C@@H]1CCc2nc(N)c3c(c2C1)CO[C@@H]3C. The molecule has 102 valence electrons. The van der Waals surface area contributed by atoms with E-state index in [2.05, 4.69) is 4.98 Å². The number of ketones is 1. The van der Waals surface area contributed by atoms with Crippen LogP contribution in [-0.4, -0.2) is 10.8 Å². The molecular formula is C15H20N2O2. The predicted molar refractivity (Wildman–Crippen MR) is 72.7 cm³/mol. The number of hydrogen-bond acceptors (Lipinski definition) is 4. The Morgan fingerprint density at radius 1 is 1.47 bits per heavy atom. The summed E-state index contributed by atoms with van der Waals surface area (Å²) in [6, 6.07) is 0. The van der Waals surface area contributed by atoms with Gasteiger partial charge < -0.3 is 10.5 Å².